The molecule has 0 radical (unpaired) electrons. The number of Topliss-reactive ketones (excluding diaryl/α,β-unsaturated/α-hetero) is 1. The number of ketones is 1. The van der Waals surface area contributed by atoms with Crippen molar-refractivity contribution in [3.05, 3.63) is 29.3 Å². The zero-order valence-corrected chi connectivity index (χ0v) is 17.4. The highest BCUT2D eigenvalue weighted by Gasteiger charge is 2.49. The fraction of sp³-hybridized carbons (Fsp3) is 0.591. The van der Waals surface area contributed by atoms with Crippen LogP contribution in [-0.2, 0) is 9.59 Å². The number of ether oxygens (including phenoxy) is 1. The predicted octanol–water partition coefficient (Wildman–Crippen LogP) is 2.82. The second-order valence-electron chi connectivity index (χ2n) is 7.67. The Bertz CT molecular complexity index is 762. The van der Waals surface area contributed by atoms with Crippen molar-refractivity contribution in [3.63, 3.8) is 0 Å². The van der Waals surface area contributed by atoms with Crippen LogP contribution >= 0.6 is 0 Å². The van der Waals surface area contributed by atoms with Gasteiger partial charge in [0.1, 0.15) is 11.2 Å². The topological polar surface area (TPSA) is 104 Å². The third-order valence-corrected chi connectivity index (χ3v) is 5.62. The molecule has 0 aromatic heterocycles. The molecule has 2 N–H and O–H groups in total. The van der Waals surface area contributed by atoms with Crippen LogP contribution in [0.5, 0.6) is 5.75 Å². The summed E-state index contributed by atoms with van der Waals surface area (Å²) >= 11 is 0. The van der Waals surface area contributed by atoms with Crippen LogP contribution in [0.2, 0.25) is 0 Å². The fourth-order valence-electron chi connectivity index (χ4n) is 3.96. The average Bonchev–Trinajstić information content (AvgIpc) is 2.69. The molecule has 1 amide bonds. The molecular weight excluding hydrogens is 374 g/mol. The van der Waals surface area contributed by atoms with Gasteiger partial charge in [-0.1, -0.05) is 13.3 Å². The number of aliphatic hydroxyl groups excluding tert-OH is 1. The van der Waals surface area contributed by atoms with E-state index in [1.165, 1.54) is 4.90 Å². The molecule has 1 saturated heterocycles. The van der Waals surface area contributed by atoms with Gasteiger partial charge in [-0.15, -0.1) is 0 Å². The van der Waals surface area contributed by atoms with Gasteiger partial charge in [0.2, 0.25) is 5.91 Å². The zero-order chi connectivity index (χ0) is 21.6. The summed E-state index contributed by atoms with van der Waals surface area (Å²) in [5.41, 5.74) is 0.0531. The Morgan fingerprint density at radius 3 is 2.55 bits per heavy atom. The molecule has 0 saturated carbocycles. The Morgan fingerprint density at radius 2 is 1.97 bits per heavy atom. The van der Waals surface area contributed by atoms with E-state index in [4.69, 9.17) is 4.74 Å². The molecule has 1 aromatic carbocycles. The standard InChI is InChI=1S/C22H31NO6/c1-4-11-22(21(27)28)14-23(12-10-19(22)25)20(26)9-7-17(24)16-6-8-18(29-5-2)15(3)13-16/h6,8,13,19,25H,4-5,7,9-12,14H2,1-3H3,(H,27,28)/t19-,22-/m1/s1. The first-order valence-corrected chi connectivity index (χ1v) is 10.2. The molecule has 2 atom stereocenters. The summed E-state index contributed by atoms with van der Waals surface area (Å²) in [6.07, 6.45) is 0.225. The first-order valence-electron chi connectivity index (χ1n) is 10.2. The lowest BCUT2D eigenvalue weighted by atomic mass is 9.74. The van der Waals surface area contributed by atoms with E-state index in [2.05, 4.69) is 0 Å². The highest BCUT2D eigenvalue weighted by molar-refractivity contribution is 5.98. The number of piperidine rings is 1. The number of nitrogens with zero attached hydrogens (tertiary/aromatic N) is 1. The maximum absolute atomic E-state index is 12.6. The highest BCUT2D eigenvalue weighted by atomic mass is 16.5. The molecule has 29 heavy (non-hydrogen) atoms. The Balaban J connectivity index is 2.00. The molecule has 1 aliphatic heterocycles. The Kier molecular flexibility index (Phi) is 7.79. The number of carbonyl (C=O) groups excluding carboxylic acids is 2. The number of hydrogen-bond donors (Lipinski definition) is 2. The number of carboxylic acid groups (broad SMARTS) is 1. The zero-order valence-electron chi connectivity index (χ0n) is 17.4. The van der Waals surface area contributed by atoms with Crippen LogP contribution in [-0.4, -0.2) is 58.6 Å². The molecule has 0 aliphatic carbocycles. The van der Waals surface area contributed by atoms with Crippen LogP contribution in [0.4, 0.5) is 0 Å². The minimum atomic E-state index is -1.33. The van der Waals surface area contributed by atoms with Crippen LogP contribution < -0.4 is 4.74 Å². The summed E-state index contributed by atoms with van der Waals surface area (Å²) in [4.78, 5) is 38.5. The maximum atomic E-state index is 12.6. The number of hydrogen-bond acceptors (Lipinski definition) is 5. The van der Waals surface area contributed by atoms with Gasteiger partial charge in [0.25, 0.3) is 0 Å². The van der Waals surface area contributed by atoms with Gasteiger partial charge in [-0.05, 0) is 50.5 Å². The first kappa shape index (κ1) is 22.9. The Labute approximate surface area is 171 Å². The largest absolute Gasteiger partial charge is 0.494 e. The molecule has 1 aliphatic rings. The molecule has 160 valence electrons. The van der Waals surface area contributed by atoms with Crippen LogP contribution in [0.1, 0.15) is 61.9 Å². The van der Waals surface area contributed by atoms with E-state index < -0.39 is 17.5 Å². The van der Waals surface area contributed by atoms with Gasteiger partial charge in [-0.3, -0.25) is 14.4 Å². The van der Waals surface area contributed by atoms with Crippen molar-refractivity contribution in [2.45, 2.75) is 59.0 Å². The average molecular weight is 405 g/mol. The van der Waals surface area contributed by atoms with Gasteiger partial charge in [-0.2, -0.15) is 0 Å². The van der Waals surface area contributed by atoms with Gasteiger partial charge in [-0.25, -0.2) is 0 Å². The summed E-state index contributed by atoms with van der Waals surface area (Å²) in [6, 6.07) is 5.20. The van der Waals surface area contributed by atoms with E-state index in [0.29, 0.717) is 31.6 Å². The van der Waals surface area contributed by atoms with E-state index in [9.17, 15) is 24.6 Å². The van der Waals surface area contributed by atoms with Crippen molar-refractivity contribution in [1.29, 1.82) is 0 Å². The number of aryl methyl sites for hydroxylation is 1. The number of carbonyl (C=O) groups is 3. The normalized spacial score (nSPS) is 21.7. The lowest BCUT2D eigenvalue weighted by Crippen LogP contribution is -2.57. The summed E-state index contributed by atoms with van der Waals surface area (Å²) in [5.74, 6) is -0.743. The summed E-state index contributed by atoms with van der Waals surface area (Å²) in [6.45, 7) is 6.44. The summed E-state index contributed by atoms with van der Waals surface area (Å²) in [5, 5.41) is 20.0. The number of aliphatic carboxylic acids is 1. The van der Waals surface area contributed by atoms with Crippen molar-refractivity contribution < 1.29 is 29.3 Å². The number of benzene rings is 1. The fourth-order valence-corrected chi connectivity index (χ4v) is 3.96. The van der Waals surface area contributed by atoms with Crippen LogP contribution in [0, 0.1) is 12.3 Å². The molecule has 1 aromatic rings. The first-order chi connectivity index (χ1) is 13.7. The van der Waals surface area contributed by atoms with Crippen LogP contribution in [0.15, 0.2) is 18.2 Å². The molecule has 7 heteroatoms. The van der Waals surface area contributed by atoms with E-state index >= 15 is 0 Å². The second-order valence-corrected chi connectivity index (χ2v) is 7.67. The van der Waals surface area contributed by atoms with Crippen molar-refractivity contribution in [2.24, 2.45) is 5.41 Å². The lowest BCUT2D eigenvalue weighted by Gasteiger charge is -2.43. The molecular formula is C22H31NO6. The summed E-state index contributed by atoms with van der Waals surface area (Å²) < 4.78 is 5.48. The minimum Gasteiger partial charge on any atom is -0.494 e. The second kappa shape index (κ2) is 9.87. The van der Waals surface area contributed by atoms with Crippen molar-refractivity contribution in [3.8, 4) is 5.75 Å². The number of amides is 1. The van der Waals surface area contributed by atoms with Gasteiger partial charge in [0.05, 0.1) is 12.7 Å². The molecule has 0 spiro atoms. The van der Waals surface area contributed by atoms with Gasteiger partial charge >= 0.3 is 5.97 Å². The van der Waals surface area contributed by atoms with Gasteiger partial charge < -0.3 is 19.8 Å². The molecule has 1 heterocycles. The minimum absolute atomic E-state index is 0.0169. The molecule has 1 fully saturated rings. The number of rotatable bonds is 9. The predicted molar refractivity (Wildman–Crippen MR) is 108 cm³/mol. The SMILES string of the molecule is CCC[C@@]1(C(=O)O)CN(C(=O)CCC(=O)c2ccc(OCC)c(C)c2)CC[C@H]1O. The van der Waals surface area contributed by atoms with E-state index in [0.717, 1.165) is 11.3 Å². The van der Waals surface area contributed by atoms with E-state index in [1.807, 2.05) is 20.8 Å². The Hall–Kier alpha value is -2.41. The lowest BCUT2D eigenvalue weighted by molar-refractivity contribution is -0.166. The summed E-state index contributed by atoms with van der Waals surface area (Å²) in [7, 11) is 0. The van der Waals surface area contributed by atoms with Gasteiger partial charge in [0.15, 0.2) is 5.78 Å². The van der Waals surface area contributed by atoms with Crippen LogP contribution in [0.3, 0.4) is 0 Å². The van der Waals surface area contributed by atoms with Crippen LogP contribution in [0.25, 0.3) is 0 Å². The monoisotopic (exact) mass is 405 g/mol. The Morgan fingerprint density at radius 1 is 1.24 bits per heavy atom. The molecule has 2 rings (SSSR count). The highest BCUT2D eigenvalue weighted by Crippen LogP contribution is 2.36. The number of likely N-dealkylation sites (tertiary alicyclic amines) is 1. The van der Waals surface area contributed by atoms with E-state index in [1.54, 1.807) is 18.2 Å². The third kappa shape index (κ3) is 5.15. The number of aliphatic hydroxyl groups is 1. The van der Waals surface area contributed by atoms with Gasteiger partial charge in [0, 0.05) is 31.5 Å². The third-order valence-electron chi connectivity index (χ3n) is 5.62. The van der Waals surface area contributed by atoms with Crippen molar-refractivity contribution in [2.75, 3.05) is 19.7 Å². The maximum Gasteiger partial charge on any atom is 0.314 e. The smallest absolute Gasteiger partial charge is 0.314 e. The molecule has 7 nitrogen and oxygen atoms in total. The van der Waals surface area contributed by atoms with E-state index in [-0.39, 0.29) is 37.5 Å². The van der Waals surface area contributed by atoms with Crippen molar-refractivity contribution in [1.82, 2.24) is 4.90 Å². The van der Waals surface area contributed by atoms with Crippen molar-refractivity contribution >= 4 is 17.7 Å². The molecule has 0 bridgehead atoms. The number of carboxylic acids is 1. The molecule has 0 unspecified atom stereocenters. The quantitative estimate of drug-likeness (QED) is 0.612.